The summed E-state index contributed by atoms with van der Waals surface area (Å²) in [7, 11) is 3.90. The van der Waals surface area contributed by atoms with Crippen LogP contribution in [0.25, 0.3) is 0 Å². The highest BCUT2D eigenvalue weighted by molar-refractivity contribution is 6.08. The lowest BCUT2D eigenvalue weighted by Gasteiger charge is -2.15. The zero-order chi connectivity index (χ0) is 20.7. The number of nitrogens with zero attached hydrogens (tertiary/aromatic N) is 1. The Balaban J connectivity index is 2.25. The van der Waals surface area contributed by atoms with Gasteiger partial charge in [0.15, 0.2) is 18.1 Å². The lowest BCUT2D eigenvalue weighted by Crippen LogP contribution is -2.31. The van der Waals surface area contributed by atoms with Crippen molar-refractivity contribution in [2.75, 3.05) is 52.9 Å². The molecule has 152 valence electrons. The summed E-state index contributed by atoms with van der Waals surface area (Å²) in [6, 6.07) is 4.70. The van der Waals surface area contributed by atoms with E-state index in [4.69, 9.17) is 19.3 Å². The number of ether oxygens (including phenoxy) is 4. The van der Waals surface area contributed by atoms with Crippen LogP contribution in [-0.4, -0.2) is 75.5 Å². The van der Waals surface area contributed by atoms with Gasteiger partial charge in [0.05, 0.1) is 40.1 Å². The third-order valence-electron chi connectivity index (χ3n) is 3.96. The first-order chi connectivity index (χ1) is 13.4. The van der Waals surface area contributed by atoms with Crippen LogP contribution in [0.3, 0.4) is 0 Å². The molecule has 0 aliphatic carbocycles. The molecule has 0 aromatic heterocycles. The second-order valence-corrected chi connectivity index (χ2v) is 5.65. The SMILES string of the molecule is COC(=O)COc1ccc(NC2=C(C(=O)OC)CN(CCO)C2=O)cc1OC. The number of esters is 2. The summed E-state index contributed by atoms with van der Waals surface area (Å²) >= 11 is 0. The number of β-amino-alcohol motifs (C(OH)–C–C–N with tert-alkyl or cyclic N) is 1. The Morgan fingerprint density at radius 2 is 1.93 bits per heavy atom. The first kappa shape index (κ1) is 21.0. The van der Waals surface area contributed by atoms with E-state index < -0.39 is 17.8 Å². The van der Waals surface area contributed by atoms with Crippen molar-refractivity contribution in [3.05, 3.63) is 29.5 Å². The van der Waals surface area contributed by atoms with Gasteiger partial charge in [0.25, 0.3) is 5.91 Å². The van der Waals surface area contributed by atoms with Gasteiger partial charge in [0, 0.05) is 18.3 Å². The molecule has 0 bridgehead atoms. The Morgan fingerprint density at radius 1 is 1.18 bits per heavy atom. The summed E-state index contributed by atoms with van der Waals surface area (Å²) in [5, 5.41) is 12.0. The molecular formula is C18H22N2O8. The number of aliphatic hydroxyl groups excluding tert-OH is 1. The molecule has 0 atom stereocenters. The minimum Gasteiger partial charge on any atom is -0.493 e. The highest BCUT2D eigenvalue weighted by Gasteiger charge is 2.34. The number of benzene rings is 1. The van der Waals surface area contributed by atoms with Crippen molar-refractivity contribution in [1.29, 1.82) is 0 Å². The van der Waals surface area contributed by atoms with Crippen LogP contribution < -0.4 is 14.8 Å². The maximum Gasteiger partial charge on any atom is 0.343 e. The van der Waals surface area contributed by atoms with Crippen LogP contribution in [0, 0.1) is 0 Å². The molecular weight excluding hydrogens is 372 g/mol. The van der Waals surface area contributed by atoms with Gasteiger partial charge in [-0.05, 0) is 12.1 Å². The molecule has 0 saturated heterocycles. The van der Waals surface area contributed by atoms with E-state index in [1.807, 2.05) is 0 Å². The summed E-state index contributed by atoms with van der Waals surface area (Å²) in [4.78, 5) is 37.1. The topological polar surface area (TPSA) is 124 Å². The fourth-order valence-corrected chi connectivity index (χ4v) is 2.55. The molecule has 0 spiro atoms. The van der Waals surface area contributed by atoms with E-state index in [1.54, 1.807) is 18.2 Å². The van der Waals surface area contributed by atoms with Gasteiger partial charge in [0.2, 0.25) is 0 Å². The molecule has 1 aromatic carbocycles. The van der Waals surface area contributed by atoms with Crippen molar-refractivity contribution in [2.45, 2.75) is 0 Å². The molecule has 0 radical (unpaired) electrons. The fraction of sp³-hybridized carbons (Fsp3) is 0.389. The van der Waals surface area contributed by atoms with Crippen molar-refractivity contribution in [3.8, 4) is 11.5 Å². The van der Waals surface area contributed by atoms with E-state index in [2.05, 4.69) is 10.1 Å². The second kappa shape index (κ2) is 9.60. The number of carbonyl (C=O) groups excluding carboxylic acids is 3. The number of hydrogen-bond acceptors (Lipinski definition) is 9. The Bertz CT molecular complexity index is 790. The van der Waals surface area contributed by atoms with Gasteiger partial charge < -0.3 is 34.3 Å². The van der Waals surface area contributed by atoms with E-state index >= 15 is 0 Å². The van der Waals surface area contributed by atoms with E-state index in [-0.39, 0.29) is 37.6 Å². The normalized spacial score (nSPS) is 13.4. The number of methoxy groups -OCH3 is 3. The van der Waals surface area contributed by atoms with Gasteiger partial charge in [0.1, 0.15) is 5.70 Å². The number of nitrogens with one attached hydrogen (secondary N) is 1. The van der Waals surface area contributed by atoms with E-state index in [0.717, 1.165) is 0 Å². The van der Waals surface area contributed by atoms with Crippen LogP contribution in [0.5, 0.6) is 11.5 Å². The van der Waals surface area contributed by atoms with Gasteiger partial charge in [-0.15, -0.1) is 0 Å². The summed E-state index contributed by atoms with van der Waals surface area (Å²) < 4.78 is 19.8. The second-order valence-electron chi connectivity index (χ2n) is 5.65. The van der Waals surface area contributed by atoms with E-state index in [1.165, 1.54) is 26.2 Å². The minimum atomic E-state index is -0.638. The van der Waals surface area contributed by atoms with Gasteiger partial charge in [-0.1, -0.05) is 0 Å². The van der Waals surface area contributed by atoms with Crippen LogP contribution in [0.4, 0.5) is 5.69 Å². The van der Waals surface area contributed by atoms with Crippen LogP contribution in [-0.2, 0) is 23.9 Å². The minimum absolute atomic E-state index is 0.0336. The molecule has 1 aliphatic heterocycles. The first-order valence-corrected chi connectivity index (χ1v) is 8.31. The fourth-order valence-electron chi connectivity index (χ4n) is 2.55. The van der Waals surface area contributed by atoms with Crippen LogP contribution in [0.2, 0.25) is 0 Å². The van der Waals surface area contributed by atoms with Crippen LogP contribution >= 0.6 is 0 Å². The summed E-state index contributed by atoms with van der Waals surface area (Å²) in [5.41, 5.74) is 0.675. The van der Waals surface area contributed by atoms with Crippen LogP contribution in [0.15, 0.2) is 29.5 Å². The standard InChI is InChI=1S/C18H22N2O8/c1-25-14-8-11(4-5-13(14)28-10-15(22)26-2)19-16-12(18(24)27-3)9-20(6-7-21)17(16)23/h4-5,8,19,21H,6-7,9-10H2,1-3H3. The Morgan fingerprint density at radius 3 is 2.54 bits per heavy atom. The first-order valence-electron chi connectivity index (χ1n) is 8.31. The number of amides is 1. The number of hydrogen-bond donors (Lipinski definition) is 2. The summed E-state index contributed by atoms with van der Waals surface area (Å²) in [6.07, 6.45) is 0. The average molecular weight is 394 g/mol. The number of aliphatic hydroxyl groups is 1. The third-order valence-corrected chi connectivity index (χ3v) is 3.96. The highest BCUT2D eigenvalue weighted by atomic mass is 16.6. The molecule has 1 aliphatic rings. The molecule has 0 unspecified atom stereocenters. The molecule has 0 saturated carbocycles. The predicted molar refractivity (Wildman–Crippen MR) is 96.8 cm³/mol. The molecule has 10 heteroatoms. The number of rotatable bonds is 9. The quantitative estimate of drug-likeness (QED) is 0.554. The maximum absolute atomic E-state index is 12.5. The smallest absolute Gasteiger partial charge is 0.343 e. The number of anilines is 1. The molecule has 1 heterocycles. The van der Waals surface area contributed by atoms with E-state index in [9.17, 15) is 14.4 Å². The summed E-state index contributed by atoms with van der Waals surface area (Å²) in [6.45, 7) is -0.389. The lowest BCUT2D eigenvalue weighted by atomic mass is 10.2. The Hall–Kier alpha value is -3.27. The molecule has 28 heavy (non-hydrogen) atoms. The van der Waals surface area contributed by atoms with Gasteiger partial charge in [-0.2, -0.15) is 0 Å². The predicted octanol–water partition coefficient (Wildman–Crippen LogP) is -0.0795. The van der Waals surface area contributed by atoms with Gasteiger partial charge >= 0.3 is 11.9 Å². The molecule has 2 N–H and O–H groups in total. The van der Waals surface area contributed by atoms with Crippen molar-refractivity contribution in [3.63, 3.8) is 0 Å². The molecule has 10 nitrogen and oxygen atoms in total. The van der Waals surface area contributed by atoms with Crippen molar-refractivity contribution in [1.82, 2.24) is 4.90 Å². The van der Waals surface area contributed by atoms with Crippen molar-refractivity contribution < 1.29 is 38.4 Å². The molecule has 1 amide bonds. The molecule has 1 aromatic rings. The zero-order valence-electron chi connectivity index (χ0n) is 15.8. The molecule has 2 rings (SSSR count). The highest BCUT2D eigenvalue weighted by Crippen LogP contribution is 2.32. The van der Waals surface area contributed by atoms with E-state index in [0.29, 0.717) is 17.2 Å². The molecule has 0 fully saturated rings. The van der Waals surface area contributed by atoms with Gasteiger partial charge in [-0.25, -0.2) is 9.59 Å². The monoisotopic (exact) mass is 394 g/mol. The largest absolute Gasteiger partial charge is 0.493 e. The van der Waals surface area contributed by atoms with Crippen molar-refractivity contribution >= 4 is 23.5 Å². The third kappa shape index (κ3) is 4.71. The Labute approximate surface area is 161 Å². The lowest BCUT2D eigenvalue weighted by molar-refractivity contribution is -0.143. The van der Waals surface area contributed by atoms with Crippen LogP contribution in [0.1, 0.15) is 0 Å². The average Bonchev–Trinajstić information content (AvgIpc) is 3.01. The van der Waals surface area contributed by atoms with Crippen molar-refractivity contribution in [2.24, 2.45) is 0 Å². The van der Waals surface area contributed by atoms with Gasteiger partial charge in [-0.3, -0.25) is 4.79 Å². The number of carbonyl (C=O) groups is 3. The Kier molecular flexibility index (Phi) is 7.21. The summed E-state index contributed by atoms with van der Waals surface area (Å²) in [5.74, 6) is -0.995. The maximum atomic E-state index is 12.5. The zero-order valence-corrected chi connectivity index (χ0v) is 15.8.